The maximum atomic E-state index is 13.8. The summed E-state index contributed by atoms with van der Waals surface area (Å²) in [7, 11) is 1.58. The van der Waals surface area contributed by atoms with Gasteiger partial charge in [0, 0.05) is 42.4 Å². The van der Waals surface area contributed by atoms with E-state index in [1.807, 2.05) is 25.4 Å². The fraction of sp³-hybridized carbons (Fsp3) is 0.406. The van der Waals surface area contributed by atoms with E-state index < -0.39 is 35.7 Å². The molecule has 3 aromatic rings. The number of primary amides is 1. The number of ether oxygens (including phenoxy) is 2. The van der Waals surface area contributed by atoms with Gasteiger partial charge >= 0.3 is 12.1 Å². The van der Waals surface area contributed by atoms with Gasteiger partial charge in [-0.3, -0.25) is 14.6 Å². The van der Waals surface area contributed by atoms with E-state index in [0.717, 1.165) is 16.0 Å². The summed E-state index contributed by atoms with van der Waals surface area (Å²) >= 11 is 0. The van der Waals surface area contributed by atoms with Crippen LogP contribution in [0, 0.1) is 12.8 Å². The molecular weight excluding hydrogens is 578 g/mol. The number of benzene rings is 1. The quantitative estimate of drug-likeness (QED) is 0.411. The van der Waals surface area contributed by atoms with Crippen LogP contribution in [0.4, 0.5) is 9.59 Å². The highest BCUT2D eigenvalue weighted by Crippen LogP contribution is 2.43. The van der Waals surface area contributed by atoms with E-state index in [-0.39, 0.29) is 31.3 Å². The molecule has 2 aliphatic heterocycles. The Kier molecular flexibility index (Phi) is 8.09. The van der Waals surface area contributed by atoms with Gasteiger partial charge in [0.1, 0.15) is 23.4 Å². The summed E-state index contributed by atoms with van der Waals surface area (Å²) in [5, 5.41) is 3.45. The number of rotatable bonds is 5. The smallest absolute Gasteiger partial charge is 0.328 e. The molecule has 6 rings (SSSR count). The average molecular weight is 613 g/mol. The molecule has 4 atom stereocenters. The number of hydrogen-bond donors (Lipinski definition) is 2. The summed E-state index contributed by atoms with van der Waals surface area (Å²) in [5.41, 5.74) is 6.60. The number of nitrogens with zero attached hydrogens (tertiary/aromatic N) is 5. The number of carbonyl (C=O) groups is 3. The van der Waals surface area contributed by atoms with E-state index in [0.29, 0.717) is 48.2 Å². The normalized spacial score (nSPS) is 25.9. The number of nitrogens with one attached hydrogen (secondary N) is 1. The summed E-state index contributed by atoms with van der Waals surface area (Å²) in [6.07, 6.45) is 10.9. The Bertz CT molecular complexity index is 1680. The minimum Gasteiger partial charge on any atom is -0.496 e. The van der Waals surface area contributed by atoms with Gasteiger partial charge in [-0.2, -0.15) is 4.98 Å². The standard InChI is InChI=1S/C32H34N7O6/c1-19-25(44-2)9-8-23-26(19)35-27(20-10-12-34-13-11-20)36-29(23)45-22-15-24-28(41)37-32(18-40)16-21(32)7-5-3-4-6-14-38(30(33)42)31(43)39(24)17-22/h5,7-13,21-22,24H,3-4,6,14-17H2,1-2H3,(H2,33,42)(H,37,41)/b7-5+. The number of allylic oxidation sites excluding steroid dienone is 1. The maximum absolute atomic E-state index is 13.8. The number of hydrogen-bond acceptors (Lipinski definition) is 9. The minimum atomic E-state index is -1.15. The average Bonchev–Trinajstić information content (AvgIpc) is 3.55. The predicted molar refractivity (Wildman–Crippen MR) is 163 cm³/mol. The lowest BCUT2D eigenvalue weighted by Gasteiger charge is -2.29. The van der Waals surface area contributed by atoms with Crippen molar-refractivity contribution >= 4 is 35.2 Å². The molecule has 3 N–H and O–H groups in total. The molecule has 13 heteroatoms. The Morgan fingerprint density at radius 1 is 1.16 bits per heavy atom. The highest BCUT2D eigenvalue weighted by molar-refractivity contribution is 5.97. The Morgan fingerprint density at radius 3 is 2.69 bits per heavy atom. The van der Waals surface area contributed by atoms with Crippen molar-refractivity contribution in [1.29, 1.82) is 0 Å². The molecule has 4 unspecified atom stereocenters. The van der Waals surface area contributed by atoms with E-state index in [1.54, 1.807) is 43.8 Å². The zero-order valence-corrected chi connectivity index (χ0v) is 25.1. The number of urea groups is 2. The van der Waals surface area contributed by atoms with Crippen LogP contribution in [-0.4, -0.2) is 86.9 Å². The fourth-order valence-electron chi connectivity index (χ4n) is 6.09. The number of imide groups is 1. The SMILES string of the molecule is COc1ccc2c(OC3CC4C(=O)NC5([C]=O)CC5/C=C/CCCCN(C(N)=O)C(=O)N4C3)nc(-c3ccncc3)nc2c1C. The van der Waals surface area contributed by atoms with Gasteiger partial charge in [0.25, 0.3) is 0 Å². The van der Waals surface area contributed by atoms with Crippen molar-refractivity contribution in [2.45, 2.75) is 56.7 Å². The van der Waals surface area contributed by atoms with Crippen LogP contribution in [0.2, 0.25) is 0 Å². The Morgan fingerprint density at radius 2 is 1.96 bits per heavy atom. The lowest BCUT2D eigenvalue weighted by Crippen LogP contribution is -2.55. The van der Waals surface area contributed by atoms with Gasteiger partial charge in [-0.15, -0.1) is 0 Å². The number of pyridine rings is 1. The van der Waals surface area contributed by atoms with Crippen LogP contribution in [0.15, 0.2) is 48.8 Å². The maximum Gasteiger partial charge on any atom is 0.328 e. The second kappa shape index (κ2) is 12.1. The molecule has 1 aromatic carbocycles. The summed E-state index contributed by atoms with van der Waals surface area (Å²) in [5.74, 6) is 0.616. The molecule has 1 saturated heterocycles. The van der Waals surface area contributed by atoms with E-state index >= 15 is 0 Å². The first-order valence-electron chi connectivity index (χ1n) is 14.9. The minimum absolute atomic E-state index is 0.0208. The van der Waals surface area contributed by atoms with Crippen LogP contribution >= 0.6 is 0 Å². The van der Waals surface area contributed by atoms with Crippen LogP contribution < -0.4 is 20.5 Å². The van der Waals surface area contributed by atoms with Gasteiger partial charge in [0.15, 0.2) is 5.82 Å². The summed E-state index contributed by atoms with van der Waals surface area (Å²) in [6.45, 7) is 1.98. The second-order valence-electron chi connectivity index (χ2n) is 11.6. The molecule has 3 aliphatic rings. The van der Waals surface area contributed by atoms with Gasteiger partial charge < -0.3 is 25.4 Å². The van der Waals surface area contributed by atoms with Crippen molar-refractivity contribution in [3.63, 3.8) is 0 Å². The van der Waals surface area contributed by atoms with Crippen molar-refractivity contribution in [3.8, 4) is 23.0 Å². The monoisotopic (exact) mass is 612 g/mol. The number of carbonyl (C=O) groups excluding carboxylic acids is 4. The molecule has 45 heavy (non-hydrogen) atoms. The molecule has 1 aliphatic carbocycles. The van der Waals surface area contributed by atoms with Gasteiger partial charge in [-0.05, 0) is 56.9 Å². The predicted octanol–water partition coefficient (Wildman–Crippen LogP) is 3.06. The first-order valence-corrected chi connectivity index (χ1v) is 14.9. The Hall–Kier alpha value is -5.07. The zero-order valence-electron chi connectivity index (χ0n) is 25.1. The number of nitrogens with two attached hydrogens (primary N) is 1. The number of methoxy groups -OCH3 is 1. The van der Waals surface area contributed by atoms with Gasteiger partial charge in [0.2, 0.25) is 18.1 Å². The third-order valence-electron chi connectivity index (χ3n) is 8.70. The van der Waals surface area contributed by atoms with Crippen LogP contribution in [0.1, 0.15) is 37.7 Å². The van der Waals surface area contributed by atoms with Gasteiger partial charge in [0.05, 0.1) is 24.6 Å². The van der Waals surface area contributed by atoms with Crippen LogP contribution in [0.25, 0.3) is 22.3 Å². The summed E-state index contributed by atoms with van der Waals surface area (Å²) in [6, 6.07) is 4.54. The summed E-state index contributed by atoms with van der Waals surface area (Å²) < 4.78 is 12.0. The Labute approximate surface area is 259 Å². The van der Waals surface area contributed by atoms with Crippen molar-refractivity contribution in [2.75, 3.05) is 20.2 Å². The third-order valence-corrected chi connectivity index (χ3v) is 8.70. The van der Waals surface area contributed by atoms with Gasteiger partial charge in [-0.1, -0.05) is 12.2 Å². The largest absolute Gasteiger partial charge is 0.496 e. The van der Waals surface area contributed by atoms with Crippen LogP contribution in [-0.2, 0) is 9.59 Å². The molecule has 2 fully saturated rings. The van der Waals surface area contributed by atoms with E-state index in [2.05, 4.69) is 10.3 Å². The summed E-state index contributed by atoms with van der Waals surface area (Å²) in [4.78, 5) is 67.7. The lowest BCUT2D eigenvalue weighted by molar-refractivity contribution is -0.125. The molecular formula is C32H34N7O6. The van der Waals surface area contributed by atoms with Crippen LogP contribution in [0.3, 0.4) is 0 Å². The number of fused-ring (bicyclic) bond motifs is 3. The molecule has 233 valence electrons. The lowest BCUT2D eigenvalue weighted by atomic mass is 10.1. The highest BCUT2D eigenvalue weighted by atomic mass is 16.5. The molecule has 1 radical (unpaired) electrons. The highest BCUT2D eigenvalue weighted by Gasteiger charge is 2.56. The number of aryl methyl sites for hydroxylation is 1. The molecule has 0 spiro atoms. The first kappa shape index (κ1) is 30.0. The molecule has 13 nitrogen and oxygen atoms in total. The first-order chi connectivity index (χ1) is 21.7. The molecule has 5 amide bonds. The molecule has 0 bridgehead atoms. The number of amides is 5. The molecule has 2 aromatic heterocycles. The van der Waals surface area contributed by atoms with Crippen molar-refractivity contribution in [2.24, 2.45) is 11.7 Å². The van der Waals surface area contributed by atoms with E-state index in [1.165, 1.54) is 4.90 Å². The Balaban J connectivity index is 1.36. The van der Waals surface area contributed by atoms with Crippen LogP contribution in [0.5, 0.6) is 11.6 Å². The van der Waals surface area contributed by atoms with Crippen molar-refractivity contribution in [3.05, 3.63) is 54.4 Å². The third kappa shape index (κ3) is 5.77. The topological polar surface area (TPSA) is 170 Å². The van der Waals surface area contributed by atoms with Crippen molar-refractivity contribution < 1.29 is 28.7 Å². The van der Waals surface area contributed by atoms with Gasteiger partial charge in [-0.25, -0.2) is 19.5 Å². The van der Waals surface area contributed by atoms with E-state index in [9.17, 15) is 19.2 Å². The fourth-order valence-corrected chi connectivity index (χ4v) is 6.09. The number of aromatic nitrogens is 3. The molecule has 1 saturated carbocycles. The second-order valence-corrected chi connectivity index (χ2v) is 11.6. The van der Waals surface area contributed by atoms with E-state index in [4.69, 9.17) is 25.2 Å². The van der Waals surface area contributed by atoms with Crippen molar-refractivity contribution in [1.82, 2.24) is 30.1 Å². The molecule has 4 heterocycles. The zero-order chi connectivity index (χ0) is 31.7.